The maximum absolute atomic E-state index is 12.7. The molecule has 2 aromatic heterocycles. The number of H-pyrrole nitrogens is 1. The average molecular weight is 301 g/mol. The number of anilines is 2. The van der Waals surface area contributed by atoms with Gasteiger partial charge in [0.15, 0.2) is 11.6 Å². The molecule has 3 rings (SSSR count). The van der Waals surface area contributed by atoms with E-state index in [1.54, 1.807) is 4.90 Å². The van der Waals surface area contributed by atoms with Crippen LogP contribution in [0.5, 0.6) is 0 Å². The topological polar surface area (TPSA) is 106 Å². The molecule has 8 nitrogen and oxygen atoms in total. The Bertz CT molecular complexity index is 735. The van der Waals surface area contributed by atoms with Crippen LogP contribution in [0.2, 0.25) is 0 Å². The Kier molecular flexibility index (Phi) is 2.85. The first kappa shape index (κ1) is 13.4. The van der Waals surface area contributed by atoms with Crippen molar-refractivity contribution in [2.45, 2.75) is 19.3 Å². The lowest BCUT2D eigenvalue weighted by atomic mass is 10.3. The van der Waals surface area contributed by atoms with Gasteiger partial charge in [-0.25, -0.2) is 4.98 Å². The summed E-state index contributed by atoms with van der Waals surface area (Å²) in [6.45, 7) is 0.295. The fourth-order valence-electron chi connectivity index (χ4n) is 2.20. The normalized spacial score (nSPS) is 15.1. The van der Waals surface area contributed by atoms with Gasteiger partial charge in [0.05, 0.1) is 12.9 Å². The number of halogens is 3. The van der Waals surface area contributed by atoms with Crippen LogP contribution in [0, 0.1) is 0 Å². The summed E-state index contributed by atoms with van der Waals surface area (Å²) in [5.74, 6) is -0.652. The lowest BCUT2D eigenvalue weighted by molar-refractivity contribution is -0.147. The van der Waals surface area contributed by atoms with Gasteiger partial charge in [0.1, 0.15) is 5.69 Å². The van der Waals surface area contributed by atoms with Crippen molar-refractivity contribution in [2.75, 3.05) is 17.2 Å². The van der Waals surface area contributed by atoms with Gasteiger partial charge in [-0.3, -0.25) is 4.79 Å². The van der Waals surface area contributed by atoms with Crippen LogP contribution in [-0.2, 0) is 19.3 Å². The zero-order valence-corrected chi connectivity index (χ0v) is 10.6. The summed E-state index contributed by atoms with van der Waals surface area (Å²) in [6.07, 6.45) is -3.36. The second kappa shape index (κ2) is 4.46. The van der Waals surface area contributed by atoms with Gasteiger partial charge >= 0.3 is 6.18 Å². The van der Waals surface area contributed by atoms with E-state index in [9.17, 15) is 18.0 Å². The molecule has 11 heteroatoms. The van der Waals surface area contributed by atoms with Gasteiger partial charge in [-0.15, -0.1) is 10.2 Å². The summed E-state index contributed by atoms with van der Waals surface area (Å²) in [5, 5.41) is 6.73. The minimum atomic E-state index is -4.55. The molecule has 112 valence electrons. The van der Waals surface area contributed by atoms with E-state index in [1.165, 1.54) is 6.33 Å². The Morgan fingerprint density at radius 1 is 1.29 bits per heavy atom. The van der Waals surface area contributed by atoms with Gasteiger partial charge in [0.2, 0.25) is 5.82 Å². The molecule has 0 spiro atoms. The molecule has 0 amide bonds. The van der Waals surface area contributed by atoms with E-state index in [4.69, 9.17) is 5.73 Å². The van der Waals surface area contributed by atoms with Gasteiger partial charge in [-0.2, -0.15) is 13.2 Å². The van der Waals surface area contributed by atoms with Crippen molar-refractivity contribution in [2.24, 2.45) is 0 Å². The first-order valence-corrected chi connectivity index (χ1v) is 5.95. The Morgan fingerprint density at radius 2 is 2.05 bits per heavy atom. The minimum absolute atomic E-state index is 0.0328. The summed E-state index contributed by atoms with van der Waals surface area (Å²) in [6, 6.07) is 0. The Hall–Kier alpha value is -2.59. The molecule has 2 aromatic rings. The molecule has 0 saturated carbocycles. The number of nitrogens with one attached hydrogen (secondary N) is 1. The molecular weight excluding hydrogens is 291 g/mol. The van der Waals surface area contributed by atoms with Crippen molar-refractivity contribution in [3.05, 3.63) is 28.3 Å². The molecule has 0 radical (unpaired) electrons. The molecule has 1 aliphatic rings. The van der Waals surface area contributed by atoms with E-state index in [0.29, 0.717) is 0 Å². The van der Waals surface area contributed by atoms with Crippen molar-refractivity contribution in [3.8, 4) is 0 Å². The Labute approximate surface area is 115 Å². The van der Waals surface area contributed by atoms with Crippen LogP contribution in [0.1, 0.15) is 11.6 Å². The highest BCUT2D eigenvalue weighted by atomic mass is 19.4. The van der Waals surface area contributed by atoms with E-state index < -0.39 is 17.6 Å². The van der Waals surface area contributed by atoms with Crippen LogP contribution >= 0.6 is 0 Å². The number of hydrogen-bond donors (Lipinski definition) is 2. The van der Waals surface area contributed by atoms with Gasteiger partial charge in [0, 0.05) is 13.1 Å². The number of nitrogen functional groups attached to an aromatic ring is 1. The lowest BCUT2D eigenvalue weighted by Gasteiger charge is -2.29. The predicted octanol–water partition coefficient (Wildman–Crippen LogP) is -0.0174. The molecule has 21 heavy (non-hydrogen) atoms. The predicted molar refractivity (Wildman–Crippen MR) is 65.3 cm³/mol. The van der Waals surface area contributed by atoms with Gasteiger partial charge in [0.25, 0.3) is 5.56 Å². The number of aromatic nitrogens is 5. The number of nitrogens with zero attached hydrogens (tertiary/aromatic N) is 5. The third kappa shape index (κ3) is 2.19. The van der Waals surface area contributed by atoms with Crippen molar-refractivity contribution >= 4 is 11.5 Å². The highest BCUT2D eigenvalue weighted by Crippen LogP contribution is 2.30. The maximum Gasteiger partial charge on any atom is 0.451 e. The van der Waals surface area contributed by atoms with Crippen LogP contribution in [-0.4, -0.2) is 31.3 Å². The molecule has 1 aliphatic heterocycles. The largest absolute Gasteiger partial charge is 0.451 e. The van der Waals surface area contributed by atoms with E-state index >= 15 is 0 Å². The van der Waals surface area contributed by atoms with Gasteiger partial charge in [-0.1, -0.05) is 0 Å². The number of nitrogens with two attached hydrogens (primary N) is 1. The summed E-state index contributed by atoms with van der Waals surface area (Å²) in [4.78, 5) is 19.3. The van der Waals surface area contributed by atoms with Crippen molar-refractivity contribution < 1.29 is 13.2 Å². The van der Waals surface area contributed by atoms with Crippen molar-refractivity contribution in [3.63, 3.8) is 0 Å². The van der Waals surface area contributed by atoms with Gasteiger partial charge < -0.3 is 20.2 Å². The smallest absolute Gasteiger partial charge is 0.391 e. The first-order valence-electron chi connectivity index (χ1n) is 5.95. The Morgan fingerprint density at radius 3 is 2.76 bits per heavy atom. The van der Waals surface area contributed by atoms with E-state index in [2.05, 4.69) is 20.2 Å². The molecule has 3 heterocycles. The number of aromatic amines is 1. The zero-order chi connectivity index (χ0) is 15.2. The van der Waals surface area contributed by atoms with Gasteiger partial charge in [-0.05, 0) is 0 Å². The molecule has 0 bridgehead atoms. The van der Waals surface area contributed by atoms with E-state index in [0.717, 1.165) is 4.57 Å². The van der Waals surface area contributed by atoms with Crippen LogP contribution in [0.25, 0.3) is 0 Å². The van der Waals surface area contributed by atoms with E-state index in [1.807, 2.05) is 0 Å². The monoisotopic (exact) mass is 301 g/mol. The van der Waals surface area contributed by atoms with Crippen molar-refractivity contribution in [1.82, 2.24) is 24.7 Å². The third-order valence-electron chi connectivity index (χ3n) is 3.17. The SMILES string of the molecule is Nc1c(N2CCn3c(nnc3C(F)(F)F)C2)nc[nH]c1=O. The van der Waals surface area contributed by atoms with E-state index in [-0.39, 0.29) is 37.0 Å². The molecular formula is C10H10F3N7O. The summed E-state index contributed by atoms with van der Waals surface area (Å²) in [7, 11) is 0. The fraction of sp³-hybridized carbons (Fsp3) is 0.400. The van der Waals surface area contributed by atoms with Crippen LogP contribution in [0.15, 0.2) is 11.1 Å². The van der Waals surface area contributed by atoms with Crippen LogP contribution in [0.3, 0.4) is 0 Å². The van der Waals surface area contributed by atoms with Crippen LogP contribution in [0.4, 0.5) is 24.7 Å². The highest BCUT2D eigenvalue weighted by molar-refractivity contribution is 5.61. The minimum Gasteiger partial charge on any atom is -0.391 e. The Balaban J connectivity index is 1.94. The molecule has 0 atom stereocenters. The molecule has 3 N–H and O–H groups in total. The number of rotatable bonds is 1. The second-order valence-corrected chi connectivity index (χ2v) is 4.48. The number of alkyl halides is 3. The molecule has 0 aromatic carbocycles. The fourth-order valence-corrected chi connectivity index (χ4v) is 2.20. The quantitative estimate of drug-likeness (QED) is 0.767. The summed E-state index contributed by atoms with van der Waals surface area (Å²) < 4.78 is 39.2. The number of hydrogen-bond acceptors (Lipinski definition) is 6. The highest BCUT2D eigenvalue weighted by Gasteiger charge is 2.39. The molecule has 0 unspecified atom stereocenters. The standard InChI is InChI=1S/C10H10F3N7O/c11-10(12,13)9-18-17-5-3-19(1-2-20(5)9)7-6(14)8(21)16-4-15-7/h4H,1-3,14H2,(H,15,16,21). The molecule has 0 aliphatic carbocycles. The van der Waals surface area contributed by atoms with Crippen LogP contribution < -0.4 is 16.2 Å². The third-order valence-corrected chi connectivity index (χ3v) is 3.17. The summed E-state index contributed by atoms with van der Waals surface area (Å²) >= 11 is 0. The van der Waals surface area contributed by atoms with Crippen molar-refractivity contribution in [1.29, 1.82) is 0 Å². The lowest BCUT2D eigenvalue weighted by Crippen LogP contribution is -2.37. The first-order chi connectivity index (χ1) is 9.88. The zero-order valence-electron chi connectivity index (χ0n) is 10.6. The molecule has 0 fully saturated rings. The average Bonchev–Trinajstić information content (AvgIpc) is 2.84. The second-order valence-electron chi connectivity index (χ2n) is 4.48. The maximum atomic E-state index is 12.7. The summed E-state index contributed by atoms with van der Waals surface area (Å²) in [5.41, 5.74) is 5.06. The molecule has 0 saturated heterocycles. The number of fused-ring (bicyclic) bond motifs is 1.